The summed E-state index contributed by atoms with van der Waals surface area (Å²) in [5.41, 5.74) is 1.42. The summed E-state index contributed by atoms with van der Waals surface area (Å²) < 4.78 is 12.2. The molecule has 2 aliphatic rings. The third-order valence-electron chi connectivity index (χ3n) is 4.42. The van der Waals surface area contributed by atoms with Crippen molar-refractivity contribution < 1.29 is 9.47 Å². The number of nitrogens with zero attached hydrogens (tertiary/aromatic N) is 2. The quantitative estimate of drug-likeness (QED) is 0.803. The maximum absolute atomic E-state index is 6.13. The number of ether oxygens (including phenoxy) is 2. The molecule has 0 aliphatic carbocycles. The van der Waals surface area contributed by atoms with Crippen LogP contribution in [0.3, 0.4) is 0 Å². The molecule has 0 spiro atoms. The van der Waals surface area contributed by atoms with Gasteiger partial charge in [-0.2, -0.15) is 11.3 Å². The minimum atomic E-state index is 0.230. The number of hydrogen-bond donors (Lipinski definition) is 0. The predicted octanol–water partition coefficient (Wildman–Crippen LogP) is 2.06. The number of likely N-dealkylation sites (N-methyl/N-ethyl adjacent to an activating group) is 1. The van der Waals surface area contributed by atoms with Crippen molar-refractivity contribution in [2.75, 3.05) is 40.4 Å². The lowest BCUT2D eigenvalue weighted by molar-refractivity contribution is -0.0787. The summed E-state index contributed by atoms with van der Waals surface area (Å²) in [4.78, 5) is 4.73. The van der Waals surface area contributed by atoms with Crippen LogP contribution in [0.1, 0.15) is 18.4 Å². The Balaban J connectivity index is 1.60. The van der Waals surface area contributed by atoms with E-state index in [2.05, 4.69) is 40.7 Å². The van der Waals surface area contributed by atoms with Crippen molar-refractivity contribution in [1.82, 2.24) is 9.80 Å². The topological polar surface area (TPSA) is 24.9 Å². The summed E-state index contributed by atoms with van der Waals surface area (Å²) in [6.45, 7) is 4.68. The van der Waals surface area contributed by atoms with Gasteiger partial charge in [0.15, 0.2) is 0 Å². The Morgan fingerprint density at radius 3 is 3.14 bits per heavy atom. The summed E-state index contributed by atoms with van der Waals surface area (Å²) in [6.07, 6.45) is 2.90. The molecule has 0 N–H and O–H groups in total. The van der Waals surface area contributed by atoms with Crippen LogP contribution in [0.25, 0.3) is 0 Å². The normalized spacial score (nSPS) is 30.0. The van der Waals surface area contributed by atoms with Crippen molar-refractivity contribution in [3.63, 3.8) is 0 Å². The lowest BCUT2D eigenvalue weighted by atomic mass is 10.0. The van der Waals surface area contributed by atoms with Crippen molar-refractivity contribution in [2.45, 2.75) is 37.6 Å². The van der Waals surface area contributed by atoms with Gasteiger partial charge in [0.2, 0.25) is 0 Å². The van der Waals surface area contributed by atoms with Crippen LogP contribution in [0.2, 0.25) is 0 Å². The molecule has 1 aromatic rings. The molecule has 4 nitrogen and oxygen atoms in total. The van der Waals surface area contributed by atoms with Crippen LogP contribution in [0.4, 0.5) is 0 Å². The van der Waals surface area contributed by atoms with Crippen LogP contribution in [-0.2, 0) is 16.0 Å². The second-order valence-corrected chi connectivity index (χ2v) is 7.10. The van der Waals surface area contributed by atoms with E-state index in [0.29, 0.717) is 6.04 Å². The van der Waals surface area contributed by atoms with Crippen molar-refractivity contribution in [3.8, 4) is 0 Å². The monoisotopic (exact) mass is 310 g/mol. The van der Waals surface area contributed by atoms with Crippen molar-refractivity contribution in [2.24, 2.45) is 0 Å². The first-order chi connectivity index (χ1) is 10.2. The number of thiophene rings is 1. The standard InChI is InChI=1S/C16H26N2O2S/c1-17(2)6-8-19-15-11-18(10-13-5-9-21-12-13)14-4-3-7-20-16(14)15/h5,9,12,14-16H,3-4,6-8,10-11H2,1-2H3/t14-,15+,16+/m0/s1. The van der Waals surface area contributed by atoms with E-state index in [1.54, 1.807) is 11.3 Å². The first kappa shape index (κ1) is 15.4. The Morgan fingerprint density at radius 1 is 1.48 bits per heavy atom. The molecular formula is C16H26N2O2S. The molecular weight excluding hydrogens is 284 g/mol. The zero-order valence-corrected chi connectivity index (χ0v) is 13.8. The third-order valence-corrected chi connectivity index (χ3v) is 5.15. The SMILES string of the molecule is CN(C)CCO[C@@H]1CN(Cc2ccsc2)[C@H]2CCCO[C@@H]12. The van der Waals surface area contributed by atoms with Gasteiger partial charge in [-0.15, -0.1) is 0 Å². The summed E-state index contributed by atoms with van der Waals surface area (Å²) in [5, 5.41) is 4.41. The van der Waals surface area contributed by atoms with E-state index in [1.165, 1.54) is 18.4 Å². The first-order valence-corrected chi connectivity index (χ1v) is 8.81. The van der Waals surface area contributed by atoms with Gasteiger partial charge >= 0.3 is 0 Å². The lowest BCUT2D eigenvalue weighted by Gasteiger charge is -2.32. The molecule has 2 saturated heterocycles. The van der Waals surface area contributed by atoms with Crippen LogP contribution >= 0.6 is 11.3 Å². The van der Waals surface area contributed by atoms with E-state index < -0.39 is 0 Å². The Morgan fingerprint density at radius 2 is 2.38 bits per heavy atom. The smallest absolute Gasteiger partial charge is 0.100 e. The highest BCUT2D eigenvalue weighted by molar-refractivity contribution is 7.07. The molecule has 0 bridgehead atoms. The second kappa shape index (κ2) is 7.20. The van der Waals surface area contributed by atoms with E-state index >= 15 is 0 Å². The molecule has 5 heteroatoms. The molecule has 3 atom stereocenters. The Kier molecular flexibility index (Phi) is 5.29. The highest BCUT2D eigenvalue weighted by atomic mass is 32.1. The van der Waals surface area contributed by atoms with E-state index in [1.807, 2.05) is 0 Å². The average molecular weight is 310 g/mol. The maximum atomic E-state index is 6.13. The fraction of sp³-hybridized carbons (Fsp3) is 0.750. The van der Waals surface area contributed by atoms with Gasteiger partial charge in [-0.1, -0.05) is 0 Å². The van der Waals surface area contributed by atoms with E-state index in [9.17, 15) is 0 Å². The predicted molar refractivity (Wildman–Crippen MR) is 85.8 cm³/mol. The van der Waals surface area contributed by atoms with Gasteiger partial charge in [0.25, 0.3) is 0 Å². The number of fused-ring (bicyclic) bond motifs is 1. The zero-order valence-electron chi connectivity index (χ0n) is 13.0. The average Bonchev–Trinajstić information content (AvgIpc) is 3.09. The first-order valence-electron chi connectivity index (χ1n) is 7.87. The van der Waals surface area contributed by atoms with Crippen LogP contribution in [-0.4, -0.2) is 68.4 Å². The fourth-order valence-corrected chi connectivity index (χ4v) is 4.00. The third kappa shape index (κ3) is 3.85. The van der Waals surface area contributed by atoms with Crippen LogP contribution in [0, 0.1) is 0 Å². The molecule has 21 heavy (non-hydrogen) atoms. The van der Waals surface area contributed by atoms with Crippen molar-refractivity contribution in [3.05, 3.63) is 22.4 Å². The van der Waals surface area contributed by atoms with Crippen LogP contribution < -0.4 is 0 Å². The van der Waals surface area contributed by atoms with Crippen molar-refractivity contribution in [1.29, 1.82) is 0 Å². The van der Waals surface area contributed by atoms with Crippen LogP contribution in [0.5, 0.6) is 0 Å². The molecule has 0 saturated carbocycles. The summed E-state index contributed by atoms with van der Waals surface area (Å²) in [5.74, 6) is 0. The van der Waals surface area contributed by atoms with E-state index in [-0.39, 0.29) is 12.2 Å². The Labute approximate surface area is 131 Å². The van der Waals surface area contributed by atoms with Gasteiger partial charge in [-0.3, -0.25) is 4.90 Å². The molecule has 2 aliphatic heterocycles. The largest absolute Gasteiger partial charge is 0.374 e. The number of hydrogen-bond acceptors (Lipinski definition) is 5. The minimum absolute atomic E-state index is 0.230. The molecule has 118 valence electrons. The van der Waals surface area contributed by atoms with Crippen molar-refractivity contribution >= 4 is 11.3 Å². The van der Waals surface area contributed by atoms with Gasteiger partial charge < -0.3 is 14.4 Å². The molecule has 3 heterocycles. The molecule has 0 aromatic carbocycles. The molecule has 3 rings (SSSR count). The molecule has 0 unspecified atom stereocenters. The Bertz CT molecular complexity index is 424. The minimum Gasteiger partial charge on any atom is -0.374 e. The zero-order chi connectivity index (χ0) is 14.7. The lowest BCUT2D eigenvalue weighted by Crippen LogP contribution is -2.42. The molecule has 0 amide bonds. The molecule has 2 fully saturated rings. The highest BCUT2D eigenvalue weighted by Crippen LogP contribution is 2.32. The van der Waals surface area contributed by atoms with Gasteiger partial charge in [-0.05, 0) is 49.3 Å². The summed E-state index contributed by atoms with van der Waals surface area (Å²) in [7, 11) is 4.17. The number of likely N-dealkylation sites (tertiary alicyclic amines) is 1. The second-order valence-electron chi connectivity index (χ2n) is 6.32. The summed E-state index contributed by atoms with van der Waals surface area (Å²) in [6, 6.07) is 2.76. The Hall–Kier alpha value is -0.460. The number of rotatable bonds is 6. The maximum Gasteiger partial charge on any atom is 0.100 e. The van der Waals surface area contributed by atoms with E-state index in [0.717, 1.165) is 32.8 Å². The van der Waals surface area contributed by atoms with Gasteiger partial charge in [-0.25, -0.2) is 0 Å². The molecule has 0 radical (unpaired) electrons. The summed E-state index contributed by atoms with van der Waals surface area (Å²) >= 11 is 1.78. The van der Waals surface area contributed by atoms with Gasteiger partial charge in [0.1, 0.15) is 6.10 Å². The highest BCUT2D eigenvalue weighted by Gasteiger charge is 2.44. The molecule has 1 aromatic heterocycles. The van der Waals surface area contributed by atoms with Crippen LogP contribution in [0.15, 0.2) is 16.8 Å². The van der Waals surface area contributed by atoms with Gasteiger partial charge in [0, 0.05) is 32.3 Å². The van der Waals surface area contributed by atoms with Gasteiger partial charge in [0.05, 0.1) is 12.7 Å². The fourth-order valence-electron chi connectivity index (χ4n) is 3.34. The van der Waals surface area contributed by atoms with E-state index in [4.69, 9.17) is 9.47 Å².